The molecule has 0 spiro atoms. The molecular formula is C27H26N2O5. The van der Waals surface area contributed by atoms with Gasteiger partial charge in [-0.05, 0) is 34.2 Å². The number of carbonyl (C=O) groups is 3. The van der Waals surface area contributed by atoms with E-state index < -0.39 is 30.1 Å². The number of carboxylic acid groups (broad SMARTS) is 1. The number of aliphatic carboxylic acids is 1. The third kappa shape index (κ3) is 4.78. The molecule has 3 aromatic rings. The van der Waals surface area contributed by atoms with Crippen molar-refractivity contribution in [2.45, 2.75) is 31.3 Å². The number of amides is 2. The smallest absolute Gasteiger partial charge is 0.407 e. The molecule has 0 saturated carbocycles. The van der Waals surface area contributed by atoms with Crippen LogP contribution in [0.1, 0.15) is 42.0 Å². The summed E-state index contributed by atoms with van der Waals surface area (Å²) < 4.78 is 5.51. The molecule has 2 amide bonds. The third-order valence-electron chi connectivity index (χ3n) is 6.03. The van der Waals surface area contributed by atoms with Crippen LogP contribution in [0.15, 0.2) is 78.9 Å². The highest BCUT2D eigenvalue weighted by molar-refractivity contribution is 5.89. The van der Waals surface area contributed by atoms with E-state index in [0.717, 1.165) is 22.3 Å². The lowest BCUT2D eigenvalue weighted by Gasteiger charge is -2.21. The zero-order chi connectivity index (χ0) is 24.1. The molecule has 7 heteroatoms. The molecular weight excluding hydrogens is 432 g/mol. The standard InChI is InChI=1S/C27H26N2O5/c1-2-23(25(30)29-24(26(31)32)17-10-4-3-5-11-17)28-27(33)34-16-22-20-14-8-6-12-18(20)19-13-7-9-15-21(19)22/h3-15,22-24H,2,16H2,1H3,(H,28,33)(H,29,30)(H,31,32)/t23-,24-/m0/s1. The second kappa shape index (κ2) is 10.2. The van der Waals surface area contributed by atoms with Gasteiger partial charge < -0.3 is 20.5 Å². The van der Waals surface area contributed by atoms with E-state index in [2.05, 4.69) is 22.8 Å². The van der Waals surface area contributed by atoms with Crippen LogP contribution >= 0.6 is 0 Å². The molecule has 1 aliphatic carbocycles. The Kier molecular flexibility index (Phi) is 6.92. The number of ether oxygens (including phenoxy) is 1. The summed E-state index contributed by atoms with van der Waals surface area (Å²) in [7, 11) is 0. The number of carbonyl (C=O) groups excluding carboxylic acids is 2. The average Bonchev–Trinajstić information content (AvgIpc) is 3.18. The Morgan fingerprint density at radius 2 is 1.41 bits per heavy atom. The molecule has 3 N–H and O–H groups in total. The molecule has 0 aliphatic heterocycles. The van der Waals surface area contributed by atoms with Gasteiger partial charge in [0, 0.05) is 5.92 Å². The number of rotatable bonds is 8. The quantitative estimate of drug-likeness (QED) is 0.468. The van der Waals surface area contributed by atoms with Gasteiger partial charge in [-0.25, -0.2) is 9.59 Å². The van der Waals surface area contributed by atoms with Gasteiger partial charge in [0.05, 0.1) is 0 Å². The van der Waals surface area contributed by atoms with E-state index in [1.54, 1.807) is 37.3 Å². The van der Waals surface area contributed by atoms with Crippen molar-refractivity contribution in [1.82, 2.24) is 10.6 Å². The van der Waals surface area contributed by atoms with Crippen molar-refractivity contribution < 1.29 is 24.2 Å². The minimum atomic E-state index is -1.22. The van der Waals surface area contributed by atoms with Crippen LogP contribution in [0, 0.1) is 0 Å². The monoisotopic (exact) mass is 458 g/mol. The average molecular weight is 459 g/mol. The molecule has 2 atom stereocenters. The molecule has 0 heterocycles. The molecule has 4 rings (SSSR count). The van der Waals surface area contributed by atoms with Crippen LogP contribution < -0.4 is 10.6 Å². The number of hydrogen-bond acceptors (Lipinski definition) is 4. The molecule has 174 valence electrons. The Morgan fingerprint density at radius 3 is 1.97 bits per heavy atom. The zero-order valence-corrected chi connectivity index (χ0v) is 18.7. The Balaban J connectivity index is 1.39. The summed E-state index contributed by atoms with van der Waals surface area (Å²) >= 11 is 0. The van der Waals surface area contributed by atoms with E-state index in [4.69, 9.17) is 4.74 Å². The first-order chi connectivity index (χ1) is 16.5. The number of alkyl carbamates (subject to hydrolysis) is 1. The molecule has 0 fully saturated rings. The van der Waals surface area contributed by atoms with Crippen LogP contribution in [0.5, 0.6) is 0 Å². The molecule has 0 radical (unpaired) electrons. The largest absolute Gasteiger partial charge is 0.479 e. The summed E-state index contributed by atoms with van der Waals surface area (Å²) in [5, 5.41) is 14.6. The number of carboxylic acids is 1. The van der Waals surface area contributed by atoms with E-state index in [1.807, 2.05) is 36.4 Å². The van der Waals surface area contributed by atoms with Gasteiger partial charge in [-0.3, -0.25) is 4.79 Å². The maximum absolute atomic E-state index is 12.7. The van der Waals surface area contributed by atoms with Crippen molar-refractivity contribution in [1.29, 1.82) is 0 Å². The van der Waals surface area contributed by atoms with E-state index in [1.165, 1.54) is 0 Å². The van der Waals surface area contributed by atoms with Gasteiger partial charge in [0.25, 0.3) is 0 Å². The highest BCUT2D eigenvalue weighted by atomic mass is 16.5. The molecule has 7 nitrogen and oxygen atoms in total. The topological polar surface area (TPSA) is 105 Å². The van der Waals surface area contributed by atoms with E-state index in [0.29, 0.717) is 5.56 Å². The number of benzene rings is 3. The molecule has 0 aromatic heterocycles. The minimum Gasteiger partial charge on any atom is -0.479 e. The molecule has 34 heavy (non-hydrogen) atoms. The lowest BCUT2D eigenvalue weighted by Crippen LogP contribution is -2.48. The minimum absolute atomic E-state index is 0.0958. The van der Waals surface area contributed by atoms with Gasteiger partial charge in [0.2, 0.25) is 5.91 Å². The van der Waals surface area contributed by atoms with Crippen LogP contribution in [-0.4, -0.2) is 35.7 Å². The Morgan fingerprint density at radius 1 is 0.853 bits per heavy atom. The van der Waals surface area contributed by atoms with Crippen molar-refractivity contribution in [3.8, 4) is 11.1 Å². The van der Waals surface area contributed by atoms with Gasteiger partial charge in [-0.15, -0.1) is 0 Å². The summed E-state index contributed by atoms with van der Waals surface area (Å²) in [5.74, 6) is -1.87. The second-order valence-corrected chi connectivity index (χ2v) is 8.12. The Bertz CT molecular complexity index is 1150. The van der Waals surface area contributed by atoms with Crippen molar-refractivity contribution in [3.05, 3.63) is 95.6 Å². The first-order valence-corrected chi connectivity index (χ1v) is 11.2. The van der Waals surface area contributed by atoms with Crippen LogP contribution in [0.4, 0.5) is 4.79 Å². The molecule has 1 aliphatic rings. The van der Waals surface area contributed by atoms with E-state index in [9.17, 15) is 19.5 Å². The van der Waals surface area contributed by atoms with Crippen LogP contribution in [0.25, 0.3) is 11.1 Å². The summed E-state index contributed by atoms with van der Waals surface area (Å²) in [6.45, 7) is 1.85. The van der Waals surface area contributed by atoms with Gasteiger partial charge in [-0.2, -0.15) is 0 Å². The first-order valence-electron chi connectivity index (χ1n) is 11.2. The SMILES string of the molecule is CC[C@H](NC(=O)OCC1c2ccccc2-c2ccccc21)C(=O)N[C@H](C(=O)O)c1ccccc1. The van der Waals surface area contributed by atoms with Crippen LogP contribution in [0.2, 0.25) is 0 Å². The molecule has 0 saturated heterocycles. The summed E-state index contributed by atoms with van der Waals surface area (Å²) in [4.78, 5) is 37.0. The van der Waals surface area contributed by atoms with Crippen molar-refractivity contribution in [3.63, 3.8) is 0 Å². The Labute approximate surface area is 197 Å². The zero-order valence-electron chi connectivity index (χ0n) is 18.7. The predicted octanol–water partition coefficient (Wildman–Crippen LogP) is 4.25. The lowest BCUT2D eigenvalue weighted by molar-refractivity contribution is -0.142. The fourth-order valence-corrected chi connectivity index (χ4v) is 4.31. The summed E-state index contributed by atoms with van der Waals surface area (Å²) in [5.41, 5.74) is 4.87. The molecule has 0 unspecified atom stereocenters. The van der Waals surface area contributed by atoms with Gasteiger partial charge in [-0.1, -0.05) is 85.8 Å². The van der Waals surface area contributed by atoms with Crippen LogP contribution in [-0.2, 0) is 14.3 Å². The van der Waals surface area contributed by atoms with Gasteiger partial charge in [0.1, 0.15) is 12.6 Å². The first kappa shape index (κ1) is 23.0. The predicted molar refractivity (Wildman–Crippen MR) is 127 cm³/mol. The highest BCUT2D eigenvalue weighted by Crippen LogP contribution is 2.44. The van der Waals surface area contributed by atoms with Crippen LogP contribution in [0.3, 0.4) is 0 Å². The highest BCUT2D eigenvalue weighted by Gasteiger charge is 2.30. The number of hydrogen-bond donors (Lipinski definition) is 3. The van der Waals surface area contributed by atoms with Gasteiger partial charge in [0.15, 0.2) is 6.04 Å². The van der Waals surface area contributed by atoms with Gasteiger partial charge >= 0.3 is 12.1 Å². The molecule has 3 aromatic carbocycles. The maximum atomic E-state index is 12.7. The Hall–Kier alpha value is -4.13. The van der Waals surface area contributed by atoms with Crippen molar-refractivity contribution >= 4 is 18.0 Å². The maximum Gasteiger partial charge on any atom is 0.407 e. The van der Waals surface area contributed by atoms with E-state index in [-0.39, 0.29) is 18.9 Å². The third-order valence-corrected chi connectivity index (χ3v) is 6.03. The summed E-state index contributed by atoms with van der Waals surface area (Å²) in [6.07, 6.45) is -0.451. The fourth-order valence-electron chi connectivity index (χ4n) is 4.31. The summed E-state index contributed by atoms with van der Waals surface area (Å²) in [6, 6.07) is 22.3. The number of fused-ring (bicyclic) bond motifs is 3. The second-order valence-electron chi connectivity index (χ2n) is 8.12. The van der Waals surface area contributed by atoms with Crippen molar-refractivity contribution in [2.24, 2.45) is 0 Å². The van der Waals surface area contributed by atoms with E-state index >= 15 is 0 Å². The number of nitrogens with one attached hydrogen (secondary N) is 2. The molecule has 0 bridgehead atoms. The fraction of sp³-hybridized carbons (Fsp3) is 0.222. The lowest BCUT2D eigenvalue weighted by atomic mass is 9.98. The van der Waals surface area contributed by atoms with Crippen molar-refractivity contribution in [2.75, 3.05) is 6.61 Å². The normalized spacial score (nSPS) is 13.8.